The minimum atomic E-state index is 0.446. The standard InChI is InChI=1S/C8H12Cl2N2/c1-3-7-6(5-9)8(10)12(4-2)11-7/h3-5H2,1-2H3. The summed E-state index contributed by atoms with van der Waals surface area (Å²) in [4.78, 5) is 0. The van der Waals surface area contributed by atoms with E-state index in [1.807, 2.05) is 6.92 Å². The molecule has 0 amide bonds. The molecule has 0 bridgehead atoms. The first-order chi connectivity index (χ1) is 5.74. The fourth-order valence-corrected chi connectivity index (χ4v) is 1.83. The molecule has 0 radical (unpaired) electrons. The molecule has 0 saturated carbocycles. The van der Waals surface area contributed by atoms with Gasteiger partial charge in [0.25, 0.3) is 0 Å². The summed E-state index contributed by atoms with van der Waals surface area (Å²) in [5, 5.41) is 5.00. The number of halogens is 2. The van der Waals surface area contributed by atoms with Crippen LogP contribution in [-0.4, -0.2) is 9.78 Å². The maximum atomic E-state index is 6.02. The van der Waals surface area contributed by atoms with E-state index in [4.69, 9.17) is 23.2 Å². The summed E-state index contributed by atoms with van der Waals surface area (Å²) in [6.45, 7) is 4.85. The summed E-state index contributed by atoms with van der Waals surface area (Å²) < 4.78 is 1.78. The lowest BCUT2D eigenvalue weighted by atomic mass is 10.2. The molecule has 0 N–H and O–H groups in total. The molecule has 1 aromatic heterocycles. The quantitative estimate of drug-likeness (QED) is 0.697. The van der Waals surface area contributed by atoms with Gasteiger partial charge in [0.2, 0.25) is 0 Å². The van der Waals surface area contributed by atoms with Gasteiger partial charge in [-0.05, 0) is 13.3 Å². The van der Waals surface area contributed by atoms with Gasteiger partial charge in [0.05, 0.1) is 11.6 Å². The van der Waals surface area contributed by atoms with Crippen molar-refractivity contribution in [3.8, 4) is 0 Å². The fraction of sp³-hybridized carbons (Fsp3) is 0.625. The van der Waals surface area contributed by atoms with Crippen LogP contribution in [0.2, 0.25) is 5.15 Å². The zero-order valence-electron chi connectivity index (χ0n) is 7.27. The lowest BCUT2D eigenvalue weighted by molar-refractivity contribution is 0.649. The van der Waals surface area contributed by atoms with Crippen molar-refractivity contribution < 1.29 is 0 Å². The largest absolute Gasteiger partial charge is 0.254 e. The number of aryl methyl sites for hydroxylation is 2. The number of alkyl halides is 1. The highest BCUT2D eigenvalue weighted by atomic mass is 35.5. The van der Waals surface area contributed by atoms with Crippen molar-refractivity contribution >= 4 is 23.2 Å². The van der Waals surface area contributed by atoms with Crippen molar-refractivity contribution in [1.82, 2.24) is 9.78 Å². The molecule has 12 heavy (non-hydrogen) atoms. The first kappa shape index (κ1) is 9.87. The molecule has 0 aliphatic carbocycles. The third-order valence-electron chi connectivity index (χ3n) is 1.83. The second kappa shape index (κ2) is 4.15. The average Bonchev–Trinajstić information content (AvgIpc) is 2.41. The summed E-state index contributed by atoms with van der Waals surface area (Å²) >= 11 is 11.8. The maximum absolute atomic E-state index is 6.02. The van der Waals surface area contributed by atoms with E-state index in [1.54, 1.807) is 4.68 Å². The van der Waals surface area contributed by atoms with Crippen LogP contribution in [0.15, 0.2) is 0 Å². The van der Waals surface area contributed by atoms with Gasteiger partial charge in [-0.3, -0.25) is 4.68 Å². The van der Waals surface area contributed by atoms with Gasteiger partial charge in [-0.2, -0.15) is 5.10 Å². The zero-order valence-corrected chi connectivity index (χ0v) is 8.78. The minimum absolute atomic E-state index is 0.446. The predicted octanol–water partition coefficient (Wildman–Crippen LogP) is 2.86. The summed E-state index contributed by atoms with van der Waals surface area (Å²) in [7, 11) is 0. The van der Waals surface area contributed by atoms with Crippen LogP contribution in [0.1, 0.15) is 25.1 Å². The molecular formula is C8H12Cl2N2. The number of hydrogen-bond donors (Lipinski definition) is 0. The molecule has 0 aliphatic heterocycles. The highest BCUT2D eigenvalue weighted by molar-refractivity contribution is 6.31. The van der Waals surface area contributed by atoms with Crippen LogP contribution in [0, 0.1) is 0 Å². The van der Waals surface area contributed by atoms with Gasteiger partial charge in [-0.25, -0.2) is 0 Å². The van der Waals surface area contributed by atoms with E-state index in [1.165, 1.54) is 0 Å². The van der Waals surface area contributed by atoms with Crippen molar-refractivity contribution in [1.29, 1.82) is 0 Å². The summed E-state index contributed by atoms with van der Waals surface area (Å²) in [6.07, 6.45) is 0.884. The highest BCUT2D eigenvalue weighted by Gasteiger charge is 2.12. The van der Waals surface area contributed by atoms with Crippen molar-refractivity contribution in [2.45, 2.75) is 32.7 Å². The van der Waals surface area contributed by atoms with Crippen LogP contribution in [0.3, 0.4) is 0 Å². The average molecular weight is 207 g/mol. The summed E-state index contributed by atoms with van der Waals surface area (Å²) in [5.41, 5.74) is 1.99. The Hall–Kier alpha value is -0.210. The van der Waals surface area contributed by atoms with Crippen LogP contribution in [0.4, 0.5) is 0 Å². The molecule has 1 heterocycles. The van der Waals surface area contributed by atoms with E-state index in [-0.39, 0.29) is 0 Å². The lowest BCUT2D eigenvalue weighted by Gasteiger charge is -1.95. The SMILES string of the molecule is CCc1nn(CC)c(Cl)c1CCl. The molecule has 0 atom stereocenters. The zero-order chi connectivity index (χ0) is 9.14. The summed E-state index contributed by atoms with van der Waals surface area (Å²) in [6, 6.07) is 0. The number of rotatable bonds is 3. The molecule has 0 aliphatic rings. The normalized spacial score (nSPS) is 10.7. The van der Waals surface area contributed by atoms with Crippen molar-refractivity contribution in [3.05, 3.63) is 16.4 Å². The number of nitrogens with zero attached hydrogens (tertiary/aromatic N) is 2. The van der Waals surface area contributed by atoms with Crippen LogP contribution < -0.4 is 0 Å². The van der Waals surface area contributed by atoms with E-state index in [9.17, 15) is 0 Å². The molecule has 68 valence electrons. The molecule has 0 aromatic carbocycles. The first-order valence-corrected chi connectivity index (χ1v) is 4.95. The molecule has 4 heteroatoms. The smallest absolute Gasteiger partial charge is 0.131 e. The number of aromatic nitrogens is 2. The Morgan fingerprint density at radius 1 is 1.42 bits per heavy atom. The minimum Gasteiger partial charge on any atom is -0.254 e. The fourth-order valence-electron chi connectivity index (χ4n) is 1.15. The van der Waals surface area contributed by atoms with E-state index >= 15 is 0 Å². The molecule has 0 fully saturated rings. The van der Waals surface area contributed by atoms with Gasteiger partial charge in [-0.15, -0.1) is 11.6 Å². The van der Waals surface area contributed by atoms with Crippen LogP contribution in [-0.2, 0) is 18.8 Å². The second-order valence-corrected chi connectivity index (χ2v) is 3.14. The molecular weight excluding hydrogens is 195 g/mol. The third-order valence-corrected chi connectivity index (χ3v) is 2.52. The van der Waals surface area contributed by atoms with E-state index in [2.05, 4.69) is 12.0 Å². The summed E-state index contributed by atoms with van der Waals surface area (Å²) in [5.74, 6) is 0.446. The molecule has 1 aromatic rings. The third kappa shape index (κ3) is 1.59. The Morgan fingerprint density at radius 2 is 2.08 bits per heavy atom. The van der Waals surface area contributed by atoms with Gasteiger partial charge < -0.3 is 0 Å². The van der Waals surface area contributed by atoms with E-state index < -0.39 is 0 Å². The molecule has 1 rings (SSSR count). The van der Waals surface area contributed by atoms with Crippen molar-refractivity contribution in [2.75, 3.05) is 0 Å². The Balaban J connectivity index is 3.13. The van der Waals surface area contributed by atoms with Crippen LogP contribution in [0.5, 0.6) is 0 Å². The molecule has 2 nitrogen and oxygen atoms in total. The molecule has 0 spiro atoms. The Morgan fingerprint density at radius 3 is 2.42 bits per heavy atom. The Kier molecular flexibility index (Phi) is 3.41. The topological polar surface area (TPSA) is 17.8 Å². The maximum Gasteiger partial charge on any atom is 0.131 e. The van der Waals surface area contributed by atoms with Crippen molar-refractivity contribution in [2.24, 2.45) is 0 Å². The predicted molar refractivity (Wildman–Crippen MR) is 51.8 cm³/mol. The van der Waals surface area contributed by atoms with Crippen LogP contribution >= 0.6 is 23.2 Å². The van der Waals surface area contributed by atoms with Crippen LogP contribution in [0.25, 0.3) is 0 Å². The van der Waals surface area contributed by atoms with Gasteiger partial charge in [0.15, 0.2) is 0 Å². The van der Waals surface area contributed by atoms with Gasteiger partial charge in [0.1, 0.15) is 5.15 Å². The second-order valence-electron chi connectivity index (χ2n) is 2.52. The first-order valence-electron chi connectivity index (χ1n) is 4.04. The van der Waals surface area contributed by atoms with Gasteiger partial charge in [-0.1, -0.05) is 18.5 Å². The Labute approximate surface area is 82.5 Å². The number of hydrogen-bond acceptors (Lipinski definition) is 1. The molecule has 0 unspecified atom stereocenters. The van der Waals surface area contributed by atoms with Gasteiger partial charge in [0, 0.05) is 12.1 Å². The van der Waals surface area contributed by atoms with E-state index in [0.29, 0.717) is 11.0 Å². The van der Waals surface area contributed by atoms with Gasteiger partial charge >= 0.3 is 0 Å². The lowest BCUT2D eigenvalue weighted by Crippen LogP contribution is -1.96. The monoisotopic (exact) mass is 206 g/mol. The van der Waals surface area contributed by atoms with E-state index in [0.717, 1.165) is 24.2 Å². The van der Waals surface area contributed by atoms with Crippen molar-refractivity contribution in [3.63, 3.8) is 0 Å². The molecule has 0 saturated heterocycles. The highest BCUT2D eigenvalue weighted by Crippen LogP contribution is 2.22. The Bertz CT molecular complexity index is 268.